The first kappa shape index (κ1) is 91.0. The highest BCUT2D eigenvalue weighted by molar-refractivity contribution is 5.76. The Kier molecular flexibility index (Phi) is 56.6. The highest BCUT2D eigenvalue weighted by atomic mass is 16.8. The molecule has 3 rings (SSSR count). The minimum atomic E-state index is -1.97. The van der Waals surface area contributed by atoms with Crippen LogP contribution in [0, 0.1) is 0 Å². The van der Waals surface area contributed by atoms with Crippen molar-refractivity contribution in [3.63, 3.8) is 0 Å². The third-order valence-corrected chi connectivity index (χ3v) is 21.2. The number of aliphatic hydroxyl groups is 11. The molecule has 0 aromatic rings. The van der Waals surface area contributed by atoms with Crippen molar-refractivity contribution >= 4 is 5.91 Å². The van der Waals surface area contributed by atoms with Crippen LogP contribution < -0.4 is 5.32 Å². The summed E-state index contributed by atoms with van der Waals surface area (Å²) in [4.78, 5) is 13.5. The molecule has 1 amide bonds. The molecule has 17 unspecified atom stereocenters. The number of amides is 1. The maximum absolute atomic E-state index is 13.5. The second-order valence-corrected chi connectivity index (χ2v) is 30.0. The van der Waals surface area contributed by atoms with E-state index in [1.54, 1.807) is 0 Å². The van der Waals surface area contributed by atoms with Gasteiger partial charge in [0.2, 0.25) is 5.91 Å². The lowest BCUT2D eigenvalue weighted by Gasteiger charge is -2.48. The Morgan fingerprint density at radius 1 is 0.327 bits per heavy atom. The molecule has 12 N–H and O–H groups in total. The van der Waals surface area contributed by atoms with Gasteiger partial charge in [-0.3, -0.25) is 4.79 Å². The average molecular weight is 1410 g/mol. The molecule has 3 fully saturated rings. The molecule has 0 bridgehead atoms. The molecule has 582 valence electrons. The molecule has 19 nitrogen and oxygen atoms in total. The number of hydrogen-bond donors (Lipinski definition) is 12. The summed E-state index contributed by atoms with van der Waals surface area (Å²) in [7, 11) is 0. The van der Waals surface area contributed by atoms with Crippen LogP contribution in [0.15, 0.2) is 0 Å². The molecule has 0 radical (unpaired) electrons. The minimum Gasteiger partial charge on any atom is -0.394 e. The normalized spacial score (nSPS) is 26.6. The van der Waals surface area contributed by atoms with E-state index in [9.17, 15) is 61.0 Å². The molecule has 3 aliphatic heterocycles. The third kappa shape index (κ3) is 40.9. The number of hydrogen-bond acceptors (Lipinski definition) is 18. The Morgan fingerprint density at radius 3 is 0.888 bits per heavy atom. The van der Waals surface area contributed by atoms with Crippen molar-refractivity contribution < 1.29 is 89.4 Å². The van der Waals surface area contributed by atoms with E-state index in [0.717, 1.165) is 44.9 Å². The SMILES string of the molecule is CCCCCCCCCCCCCCCCCCCCCCCCCCCCCCCC(=O)NC(COC1OC(CO)C(OC2OC(CO)C(OC3OC(CO)C(O)C(O)C3O)C(O)C2O)C(O)C1O)C(O)CCCCCCCCCCCCCCCCCCCCCCCCCC. The molecule has 17 atom stereocenters. The second kappa shape index (κ2) is 61.0. The number of carbonyl (C=O) groups excluding carboxylic acids is 1. The van der Waals surface area contributed by atoms with Crippen LogP contribution in [0.5, 0.6) is 0 Å². The molecule has 98 heavy (non-hydrogen) atoms. The van der Waals surface area contributed by atoms with Gasteiger partial charge in [0.15, 0.2) is 18.9 Å². The summed E-state index contributed by atoms with van der Waals surface area (Å²) in [5.74, 6) is -0.232. The zero-order valence-electron chi connectivity index (χ0n) is 62.3. The van der Waals surface area contributed by atoms with Gasteiger partial charge in [-0.15, -0.1) is 0 Å². The van der Waals surface area contributed by atoms with E-state index in [2.05, 4.69) is 19.2 Å². The molecule has 3 heterocycles. The average Bonchev–Trinajstić information content (AvgIpc) is 0.784. The first-order valence-corrected chi connectivity index (χ1v) is 41.3. The van der Waals surface area contributed by atoms with Crippen LogP contribution in [0.1, 0.15) is 367 Å². The molecule has 0 aromatic carbocycles. The summed E-state index contributed by atoms with van der Waals surface area (Å²) >= 11 is 0. The smallest absolute Gasteiger partial charge is 0.220 e. The Morgan fingerprint density at radius 2 is 0.582 bits per heavy atom. The number of unbranched alkanes of at least 4 members (excludes halogenated alkanes) is 51. The van der Waals surface area contributed by atoms with Crippen molar-refractivity contribution in [2.75, 3.05) is 26.4 Å². The molecule has 3 aliphatic rings. The third-order valence-electron chi connectivity index (χ3n) is 21.2. The monoisotopic (exact) mass is 1400 g/mol. The van der Waals surface area contributed by atoms with E-state index < -0.39 is 124 Å². The summed E-state index contributed by atoms with van der Waals surface area (Å²) < 4.78 is 34.5. The molecular weight excluding hydrogens is 1250 g/mol. The van der Waals surface area contributed by atoms with Crippen molar-refractivity contribution in [2.24, 2.45) is 0 Å². The highest BCUT2D eigenvalue weighted by Gasteiger charge is 2.54. The lowest BCUT2D eigenvalue weighted by Crippen LogP contribution is -2.66. The quantitative estimate of drug-likeness (QED) is 0.0252. The molecule has 0 aromatic heterocycles. The number of rotatable bonds is 67. The minimum absolute atomic E-state index is 0.232. The Labute approximate surface area is 595 Å². The van der Waals surface area contributed by atoms with E-state index >= 15 is 0 Å². The maximum atomic E-state index is 13.5. The van der Waals surface area contributed by atoms with Gasteiger partial charge in [-0.05, 0) is 12.8 Å². The molecular formula is C79H153NO18. The second-order valence-electron chi connectivity index (χ2n) is 30.0. The Bertz CT molecular complexity index is 1770. The summed E-state index contributed by atoms with van der Waals surface area (Å²) in [5, 5.41) is 121. The predicted molar refractivity (Wildman–Crippen MR) is 388 cm³/mol. The largest absolute Gasteiger partial charge is 0.394 e. The molecule has 0 spiro atoms. The topological polar surface area (TPSA) is 307 Å². The van der Waals surface area contributed by atoms with Gasteiger partial charge >= 0.3 is 0 Å². The molecule has 0 aliphatic carbocycles. The van der Waals surface area contributed by atoms with Crippen LogP contribution >= 0.6 is 0 Å². The summed E-state index contributed by atoms with van der Waals surface area (Å²) in [5.41, 5.74) is 0. The van der Waals surface area contributed by atoms with Crippen molar-refractivity contribution in [3.8, 4) is 0 Å². The van der Waals surface area contributed by atoms with Crippen molar-refractivity contribution in [3.05, 3.63) is 0 Å². The van der Waals surface area contributed by atoms with E-state index in [-0.39, 0.29) is 18.9 Å². The van der Waals surface area contributed by atoms with Crippen LogP contribution in [0.2, 0.25) is 0 Å². The number of aliphatic hydroxyl groups excluding tert-OH is 11. The van der Waals surface area contributed by atoms with E-state index in [1.807, 2.05) is 0 Å². The zero-order valence-corrected chi connectivity index (χ0v) is 62.3. The summed E-state index contributed by atoms with van der Waals surface area (Å²) in [6.45, 7) is 1.88. The van der Waals surface area contributed by atoms with Gasteiger partial charge in [0.1, 0.15) is 73.2 Å². The molecule has 0 saturated carbocycles. The first-order valence-electron chi connectivity index (χ1n) is 41.3. The predicted octanol–water partition coefficient (Wildman–Crippen LogP) is 13.8. The fraction of sp³-hybridized carbons (Fsp3) is 0.987. The maximum Gasteiger partial charge on any atom is 0.220 e. The van der Waals surface area contributed by atoms with Gasteiger partial charge in [0.05, 0.1) is 38.6 Å². The van der Waals surface area contributed by atoms with Crippen LogP contribution in [-0.4, -0.2) is 193 Å². The lowest BCUT2D eigenvalue weighted by atomic mass is 9.96. The van der Waals surface area contributed by atoms with Crippen LogP contribution in [-0.2, 0) is 33.2 Å². The van der Waals surface area contributed by atoms with Crippen molar-refractivity contribution in [1.29, 1.82) is 0 Å². The van der Waals surface area contributed by atoms with Gasteiger partial charge in [-0.25, -0.2) is 0 Å². The zero-order chi connectivity index (χ0) is 71.1. The fourth-order valence-corrected chi connectivity index (χ4v) is 14.6. The van der Waals surface area contributed by atoms with E-state index in [4.69, 9.17) is 28.4 Å². The number of nitrogens with one attached hydrogen (secondary N) is 1. The standard InChI is InChI=1S/C79H153NO18/c1-3-5-7-9-11-13-15-17-19-21-23-25-27-29-30-31-32-33-35-37-39-41-43-45-47-49-51-53-55-57-67(85)80-62(63(84)56-54-52-50-48-46-44-42-40-38-36-34-28-26-24-22-20-18-16-14-12-10-8-6-4-2)61-93-77-73(91)70(88)75(65(59-82)95-77)98-79-74(92)71(89)76(66(60-83)96-79)97-78-72(90)69(87)68(86)64(58-81)94-78/h62-66,68-79,81-84,86-92H,3-61H2,1-2H3,(H,80,85). The Balaban J connectivity index is 1.35. The summed E-state index contributed by atoms with van der Waals surface area (Å²) in [6.07, 6.45) is 43.4. The lowest BCUT2D eigenvalue weighted by molar-refractivity contribution is -0.379. The van der Waals surface area contributed by atoms with E-state index in [0.29, 0.717) is 12.8 Å². The fourth-order valence-electron chi connectivity index (χ4n) is 14.6. The van der Waals surface area contributed by atoms with Gasteiger partial charge in [-0.2, -0.15) is 0 Å². The van der Waals surface area contributed by atoms with Crippen molar-refractivity contribution in [2.45, 2.75) is 471 Å². The van der Waals surface area contributed by atoms with Crippen LogP contribution in [0.4, 0.5) is 0 Å². The van der Waals surface area contributed by atoms with E-state index in [1.165, 1.54) is 289 Å². The summed E-state index contributed by atoms with van der Waals surface area (Å²) in [6, 6.07) is -0.883. The van der Waals surface area contributed by atoms with Gasteiger partial charge in [0, 0.05) is 6.42 Å². The highest BCUT2D eigenvalue weighted by Crippen LogP contribution is 2.33. The van der Waals surface area contributed by atoms with Crippen molar-refractivity contribution in [1.82, 2.24) is 5.32 Å². The van der Waals surface area contributed by atoms with Crippen LogP contribution in [0.25, 0.3) is 0 Å². The number of carbonyl (C=O) groups is 1. The first-order chi connectivity index (χ1) is 47.8. The number of ether oxygens (including phenoxy) is 6. The van der Waals surface area contributed by atoms with Gasteiger partial charge < -0.3 is 89.9 Å². The van der Waals surface area contributed by atoms with Crippen LogP contribution in [0.3, 0.4) is 0 Å². The molecule has 19 heteroatoms. The molecule has 3 saturated heterocycles. The van der Waals surface area contributed by atoms with Gasteiger partial charge in [-0.1, -0.05) is 348 Å². The van der Waals surface area contributed by atoms with Gasteiger partial charge in [0.25, 0.3) is 0 Å². The Hall–Kier alpha value is -1.21.